The van der Waals surface area contributed by atoms with Crippen molar-refractivity contribution in [3.05, 3.63) is 69.8 Å². The van der Waals surface area contributed by atoms with E-state index in [1.165, 1.54) is 0 Å². The minimum atomic E-state index is -0.333. The Morgan fingerprint density at radius 3 is 2.60 bits per heavy atom. The van der Waals surface area contributed by atoms with E-state index in [1.54, 1.807) is 6.20 Å². The third-order valence-corrected chi connectivity index (χ3v) is 5.70. The third kappa shape index (κ3) is 5.15. The van der Waals surface area contributed by atoms with Gasteiger partial charge in [-0.25, -0.2) is 4.79 Å². The minimum Gasteiger partial charge on any atom is -0.422 e. The third-order valence-electron chi connectivity index (χ3n) is 5.70. The number of carbonyl (C=O) groups excluding carboxylic acids is 1. The average molecular weight is 407 g/mol. The van der Waals surface area contributed by atoms with Crippen molar-refractivity contribution < 1.29 is 9.21 Å². The normalized spacial score (nSPS) is 11.0. The molecule has 0 unspecified atom stereocenters. The number of aromatic nitrogens is 1. The number of ketones is 1. The maximum atomic E-state index is 12.6. The van der Waals surface area contributed by atoms with Gasteiger partial charge in [0.25, 0.3) is 0 Å². The van der Waals surface area contributed by atoms with E-state index in [0.29, 0.717) is 30.4 Å². The first kappa shape index (κ1) is 21.8. The number of nitrogens with zero attached hydrogens (tertiary/aromatic N) is 2. The summed E-state index contributed by atoms with van der Waals surface area (Å²) in [5, 5.41) is 0.935. The Balaban J connectivity index is 1.66. The molecule has 0 saturated carbocycles. The zero-order chi connectivity index (χ0) is 21.5. The summed E-state index contributed by atoms with van der Waals surface area (Å²) in [6.07, 6.45) is 6.52. The summed E-state index contributed by atoms with van der Waals surface area (Å²) >= 11 is 0. The molecule has 0 aliphatic heterocycles. The SMILES string of the molecule is CCN(CC)c1ccc2c(C)c(CCC(=O)CCCc3cccnc3)c(=O)oc2c1. The maximum Gasteiger partial charge on any atom is 0.339 e. The quantitative estimate of drug-likeness (QED) is 0.450. The number of pyridine rings is 1. The Kier molecular flexibility index (Phi) is 7.39. The summed E-state index contributed by atoms with van der Waals surface area (Å²) in [6, 6.07) is 9.94. The van der Waals surface area contributed by atoms with Crippen LogP contribution in [0.25, 0.3) is 11.0 Å². The van der Waals surface area contributed by atoms with Gasteiger partial charge in [-0.2, -0.15) is 0 Å². The number of rotatable bonds is 10. The summed E-state index contributed by atoms with van der Waals surface area (Å²) in [5.74, 6) is 0.176. The molecule has 0 spiro atoms. The molecule has 3 rings (SSSR count). The van der Waals surface area contributed by atoms with Crippen LogP contribution in [-0.4, -0.2) is 23.9 Å². The van der Waals surface area contributed by atoms with Gasteiger partial charge in [-0.1, -0.05) is 6.07 Å². The summed E-state index contributed by atoms with van der Waals surface area (Å²) in [7, 11) is 0. The highest BCUT2D eigenvalue weighted by Gasteiger charge is 2.14. The first-order chi connectivity index (χ1) is 14.5. The van der Waals surface area contributed by atoms with Gasteiger partial charge in [0, 0.05) is 61.0 Å². The molecule has 0 N–H and O–H groups in total. The van der Waals surface area contributed by atoms with E-state index >= 15 is 0 Å². The molecular weight excluding hydrogens is 376 g/mol. The van der Waals surface area contributed by atoms with Crippen LogP contribution < -0.4 is 10.5 Å². The molecular formula is C25H30N2O3. The molecule has 0 aliphatic carbocycles. The van der Waals surface area contributed by atoms with E-state index < -0.39 is 0 Å². The van der Waals surface area contributed by atoms with Crippen LogP contribution in [0.4, 0.5) is 5.69 Å². The van der Waals surface area contributed by atoms with Crippen LogP contribution in [0.5, 0.6) is 0 Å². The molecule has 5 heteroatoms. The largest absolute Gasteiger partial charge is 0.422 e. The molecule has 158 valence electrons. The Hall–Kier alpha value is -2.95. The van der Waals surface area contributed by atoms with E-state index in [0.717, 1.165) is 48.1 Å². The van der Waals surface area contributed by atoms with Gasteiger partial charge in [0.15, 0.2) is 0 Å². The molecule has 3 aromatic rings. The van der Waals surface area contributed by atoms with Gasteiger partial charge in [-0.3, -0.25) is 9.78 Å². The number of hydrogen-bond donors (Lipinski definition) is 0. The fourth-order valence-electron chi connectivity index (χ4n) is 3.88. The van der Waals surface area contributed by atoms with Crippen LogP contribution in [0.2, 0.25) is 0 Å². The molecule has 2 aromatic heterocycles. The Morgan fingerprint density at radius 1 is 1.10 bits per heavy atom. The lowest BCUT2D eigenvalue weighted by Crippen LogP contribution is -2.21. The predicted molar refractivity (Wildman–Crippen MR) is 121 cm³/mol. The van der Waals surface area contributed by atoms with Crippen molar-refractivity contribution in [3.63, 3.8) is 0 Å². The molecule has 0 saturated heterocycles. The second kappa shape index (κ2) is 10.2. The molecule has 0 fully saturated rings. The monoisotopic (exact) mass is 406 g/mol. The molecule has 30 heavy (non-hydrogen) atoms. The summed E-state index contributed by atoms with van der Waals surface area (Å²) in [5.41, 5.74) is 3.98. The van der Waals surface area contributed by atoms with Crippen molar-refractivity contribution in [1.29, 1.82) is 0 Å². The van der Waals surface area contributed by atoms with Crippen molar-refractivity contribution in [1.82, 2.24) is 4.98 Å². The summed E-state index contributed by atoms with van der Waals surface area (Å²) in [6.45, 7) is 7.94. The first-order valence-electron chi connectivity index (χ1n) is 10.7. The number of Topliss-reactive ketones (excluding diaryl/α,β-unsaturated/α-hetero) is 1. The zero-order valence-electron chi connectivity index (χ0n) is 18.1. The lowest BCUT2D eigenvalue weighted by atomic mass is 9.99. The van der Waals surface area contributed by atoms with Crippen LogP contribution in [0.15, 0.2) is 51.9 Å². The number of benzene rings is 1. The predicted octanol–water partition coefficient (Wildman–Crippen LogP) is 4.87. The van der Waals surface area contributed by atoms with E-state index in [9.17, 15) is 9.59 Å². The first-order valence-corrected chi connectivity index (χ1v) is 10.7. The average Bonchev–Trinajstić information content (AvgIpc) is 2.75. The van der Waals surface area contributed by atoms with Crippen LogP contribution in [0.3, 0.4) is 0 Å². The Labute approximate surface area is 177 Å². The van der Waals surface area contributed by atoms with Gasteiger partial charge in [0.05, 0.1) is 0 Å². The lowest BCUT2D eigenvalue weighted by Gasteiger charge is -2.21. The van der Waals surface area contributed by atoms with Gasteiger partial charge in [0.1, 0.15) is 11.4 Å². The fraction of sp³-hybridized carbons (Fsp3) is 0.400. The highest BCUT2D eigenvalue weighted by Crippen LogP contribution is 2.25. The van der Waals surface area contributed by atoms with Crippen molar-refractivity contribution in [3.8, 4) is 0 Å². The van der Waals surface area contributed by atoms with E-state index in [1.807, 2.05) is 37.4 Å². The van der Waals surface area contributed by atoms with Gasteiger partial charge >= 0.3 is 5.63 Å². The van der Waals surface area contributed by atoms with Crippen molar-refractivity contribution in [2.45, 2.75) is 52.9 Å². The highest BCUT2D eigenvalue weighted by atomic mass is 16.4. The number of fused-ring (bicyclic) bond motifs is 1. The molecule has 0 aliphatic rings. The van der Waals surface area contributed by atoms with Gasteiger partial charge in [0.2, 0.25) is 0 Å². The molecule has 0 radical (unpaired) electrons. The number of anilines is 1. The van der Waals surface area contributed by atoms with Gasteiger partial charge < -0.3 is 9.32 Å². The Bertz CT molecular complexity index is 1050. The van der Waals surface area contributed by atoms with Crippen LogP contribution in [0, 0.1) is 6.92 Å². The lowest BCUT2D eigenvalue weighted by molar-refractivity contribution is -0.119. The fourth-order valence-corrected chi connectivity index (χ4v) is 3.88. The van der Waals surface area contributed by atoms with E-state index in [4.69, 9.17) is 4.42 Å². The molecule has 0 bridgehead atoms. The summed E-state index contributed by atoms with van der Waals surface area (Å²) < 4.78 is 5.62. The van der Waals surface area contributed by atoms with Crippen LogP contribution in [0.1, 0.15) is 49.8 Å². The number of aryl methyl sites for hydroxylation is 2. The van der Waals surface area contributed by atoms with Crippen molar-refractivity contribution in [2.75, 3.05) is 18.0 Å². The number of carbonyl (C=O) groups is 1. The van der Waals surface area contributed by atoms with Gasteiger partial charge in [-0.05, 0) is 69.4 Å². The zero-order valence-corrected chi connectivity index (χ0v) is 18.1. The summed E-state index contributed by atoms with van der Waals surface area (Å²) in [4.78, 5) is 31.2. The minimum absolute atomic E-state index is 0.176. The standard InChI is InChI=1S/C25H30N2O3/c1-4-27(5-2)20-11-13-22-18(3)23(25(29)30-24(22)16-20)14-12-21(28)10-6-8-19-9-7-15-26-17-19/h7,9,11,13,15-17H,4-6,8,10,12,14H2,1-3H3. The second-order valence-corrected chi connectivity index (χ2v) is 7.60. The van der Waals surface area contributed by atoms with Gasteiger partial charge in [-0.15, -0.1) is 0 Å². The highest BCUT2D eigenvalue weighted by molar-refractivity contribution is 5.84. The van der Waals surface area contributed by atoms with Crippen LogP contribution in [-0.2, 0) is 17.6 Å². The number of hydrogen-bond acceptors (Lipinski definition) is 5. The maximum absolute atomic E-state index is 12.6. The van der Waals surface area contributed by atoms with E-state index in [-0.39, 0.29) is 11.4 Å². The van der Waals surface area contributed by atoms with Crippen molar-refractivity contribution in [2.24, 2.45) is 0 Å². The molecule has 0 atom stereocenters. The smallest absolute Gasteiger partial charge is 0.339 e. The van der Waals surface area contributed by atoms with Crippen molar-refractivity contribution >= 4 is 22.4 Å². The molecule has 2 heterocycles. The Morgan fingerprint density at radius 2 is 1.90 bits per heavy atom. The second-order valence-electron chi connectivity index (χ2n) is 7.60. The van der Waals surface area contributed by atoms with E-state index in [2.05, 4.69) is 29.8 Å². The van der Waals surface area contributed by atoms with Crippen LogP contribution >= 0.6 is 0 Å². The topological polar surface area (TPSA) is 63.4 Å². The molecule has 1 aromatic carbocycles. The molecule has 0 amide bonds. The molecule has 5 nitrogen and oxygen atoms in total.